The van der Waals surface area contributed by atoms with Gasteiger partial charge in [0.2, 0.25) is 15.9 Å². The minimum atomic E-state index is -3.75. The van der Waals surface area contributed by atoms with Crippen molar-refractivity contribution in [2.75, 3.05) is 6.54 Å². The fourth-order valence-electron chi connectivity index (χ4n) is 1.89. The van der Waals surface area contributed by atoms with Gasteiger partial charge in [0.05, 0.1) is 15.5 Å². The molecule has 0 heterocycles. The summed E-state index contributed by atoms with van der Waals surface area (Å²) in [6.07, 6.45) is 0. The average Bonchev–Trinajstić information content (AvgIpc) is 2.46. The molecule has 0 aromatic heterocycles. The first-order valence-corrected chi connectivity index (χ1v) is 9.35. The molecule has 7 nitrogen and oxygen atoms in total. The van der Waals surface area contributed by atoms with E-state index in [0.29, 0.717) is 6.54 Å². The molecule has 0 saturated heterocycles. The molecule has 1 rings (SSSR count). The standard InChI is InChI=1S/C15H22ClN3O4S/c1-5-17-14(20)10(4)18-15(21)12-8-11(6-7-13(12)16)24(22,23)19-9(2)3/h6-10,19H,5H2,1-4H3,(H,17,20)(H,18,21). The SMILES string of the molecule is CCNC(=O)C(C)NC(=O)c1cc(S(=O)(=O)NC(C)C)ccc1Cl. The molecule has 0 radical (unpaired) electrons. The third-order valence-corrected chi connectivity index (χ3v) is 4.96. The Morgan fingerprint density at radius 1 is 1.21 bits per heavy atom. The Morgan fingerprint density at radius 2 is 1.83 bits per heavy atom. The van der Waals surface area contributed by atoms with Crippen LogP contribution in [0, 0.1) is 0 Å². The summed E-state index contributed by atoms with van der Waals surface area (Å²) >= 11 is 5.99. The second-order valence-corrected chi connectivity index (χ2v) is 7.63. The van der Waals surface area contributed by atoms with Crippen LogP contribution in [0.25, 0.3) is 0 Å². The van der Waals surface area contributed by atoms with Gasteiger partial charge in [-0.2, -0.15) is 0 Å². The molecule has 0 aliphatic heterocycles. The number of likely N-dealkylation sites (N-methyl/N-ethyl adjacent to an activating group) is 1. The number of nitrogens with one attached hydrogen (secondary N) is 3. The van der Waals surface area contributed by atoms with E-state index in [-0.39, 0.29) is 27.4 Å². The van der Waals surface area contributed by atoms with Crippen molar-refractivity contribution >= 4 is 33.4 Å². The second kappa shape index (κ2) is 8.46. The molecule has 0 saturated carbocycles. The monoisotopic (exact) mass is 375 g/mol. The van der Waals surface area contributed by atoms with Gasteiger partial charge in [-0.1, -0.05) is 11.6 Å². The summed E-state index contributed by atoms with van der Waals surface area (Å²) in [6.45, 7) is 7.11. The Bertz CT molecular complexity index is 719. The highest BCUT2D eigenvalue weighted by molar-refractivity contribution is 7.89. The van der Waals surface area contributed by atoms with E-state index >= 15 is 0 Å². The Kier molecular flexibility index (Phi) is 7.19. The first-order valence-electron chi connectivity index (χ1n) is 7.49. The molecule has 0 fully saturated rings. The molecule has 0 aliphatic rings. The zero-order chi connectivity index (χ0) is 18.5. The third kappa shape index (κ3) is 5.47. The molecule has 1 unspecified atom stereocenters. The maximum atomic E-state index is 12.3. The normalized spacial score (nSPS) is 12.8. The Labute approximate surface area is 147 Å². The molecule has 1 aromatic carbocycles. The summed E-state index contributed by atoms with van der Waals surface area (Å²) in [4.78, 5) is 23.9. The first-order chi connectivity index (χ1) is 11.1. The number of halogens is 1. The number of carbonyl (C=O) groups is 2. The molecule has 1 aromatic rings. The molecule has 24 heavy (non-hydrogen) atoms. The topological polar surface area (TPSA) is 104 Å². The molecule has 0 aliphatic carbocycles. The number of hydrogen-bond donors (Lipinski definition) is 3. The highest BCUT2D eigenvalue weighted by atomic mass is 35.5. The van der Waals surface area contributed by atoms with Gasteiger partial charge in [-0.15, -0.1) is 0 Å². The van der Waals surface area contributed by atoms with Crippen LogP contribution in [0.4, 0.5) is 0 Å². The molecule has 0 bridgehead atoms. The molecule has 134 valence electrons. The van der Waals surface area contributed by atoms with E-state index in [1.165, 1.54) is 25.1 Å². The lowest BCUT2D eigenvalue weighted by molar-refractivity contribution is -0.122. The van der Waals surface area contributed by atoms with Crippen LogP contribution in [0.3, 0.4) is 0 Å². The van der Waals surface area contributed by atoms with Crippen molar-refractivity contribution in [2.45, 2.75) is 44.7 Å². The lowest BCUT2D eigenvalue weighted by Gasteiger charge is -2.15. The maximum absolute atomic E-state index is 12.3. The second-order valence-electron chi connectivity index (χ2n) is 5.51. The zero-order valence-electron chi connectivity index (χ0n) is 14.0. The average molecular weight is 376 g/mol. The van der Waals surface area contributed by atoms with E-state index in [9.17, 15) is 18.0 Å². The van der Waals surface area contributed by atoms with Crippen LogP contribution in [0.1, 0.15) is 38.1 Å². The molecule has 0 spiro atoms. The predicted octanol–water partition coefficient (Wildman–Crippen LogP) is 1.28. The summed E-state index contributed by atoms with van der Waals surface area (Å²) in [7, 11) is -3.75. The summed E-state index contributed by atoms with van der Waals surface area (Å²) in [5.41, 5.74) is -0.0144. The highest BCUT2D eigenvalue weighted by Crippen LogP contribution is 2.21. The van der Waals surface area contributed by atoms with Gasteiger partial charge >= 0.3 is 0 Å². The van der Waals surface area contributed by atoms with Gasteiger partial charge < -0.3 is 10.6 Å². The van der Waals surface area contributed by atoms with E-state index in [1.54, 1.807) is 20.8 Å². The maximum Gasteiger partial charge on any atom is 0.253 e. The highest BCUT2D eigenvalue weighted by Gasteiger charge is 2.21. The third-order valence-electron chi connectivity index (χ3n) is 2.98. The Hall–Kier alpha value is -1.64. The van der Waals surface area contributed by atoms with E-state index in [4.69, 9.17) is 11.6 Å². The fourth-order valence-corrected chi connectivity index (χ4v) is 3.37. The van der Waals surface area contributed by atoms with Gasteiger partial charge in [0.15, 0.2) is 0 Å². The van der Waals surface area contributed by atoms with Crippen molar-refractivity contribution in [1.82, 2.24) is 15.4 Å². The number of carbonyl (C=O) groups excluding carboxylic acids is 2. The van der Waals surface area contributed by atoms with E-state index in [1.807, 2.05) is 0 Å². The summed E-state index contributed by atoms with van der Waals surface area (Å²) < 4.78 is 26.8. The van der Waals surface area contributed by atoms with Crippen molar-refractivity contribution in [1.29, 1.82) is 0 Å². The zero-order valence-corrected chi connectivity index (χ0v) is 15.6. The lowest BCUT2D eigenvalue weighted by atomic mass is 10.2. The van der Waals surface area contributed by atoms with Crippen LogP contribution in [-0.2, 0) is 14.8 Å². The Morgan fingerprint density at radius 3 is 2.38 bits per heavy atom. The van der Waals surface area contributed by atoms with Gasteiger partial charge in [0.25, 0.3) is 5.91 Å². The fraction of sp³-hybridized carbons (Fsp3) is 0.467. The van der Waals surface area contributed by atoms with E-state index in [2.05, 4.69) is 15.4 Å². The summed E-state index contributed by atoms with van der Waals surface area (Å²) in [5.74, 6) is -0.965. The van der Waals surface area contributed by atoms with Crippen LogP contribution < -0.4 is 15.4 Å². The number of sulfonamides is 1. The quantitative estimate of drug-likeness (QED) is 0.667. The van der Waals surface area contributed by atoms with Crippen LogP contribution in [-0.4, -0.2) is 38.9 Å². The number of benzene rings is 1. The number of amides is 2. The summed E-state index contributed by atoms with van der Waals surface area (Å²) in [6, 6.07) is 2.77. The van der Waals surface area contributed by atoms with Crippen molar-refractivity contribution in [2.24, 2.45) is 0 Å². The van der Waals surface area contributed by atoms with Crippen molar-refractivity contribution in [3.8, 4) is 0 Å². The number of rotatable bonds is 7. The van der Waals surface area contributed by atoms with E-state index < -0.39 is 22.0 Å². The van der Waals surface area contributed by atoms with Gasteiger partial charge in [-0.25, -0.2) is 13.1 Å². The van der Waals surface area contributed by atoms with Crippen LogP contribution >= 0.6 is 11.6 Å². The van der Waals surface area contributed by atoms with Gasteiger partial charge in [-0.3, -0.25) is 9.59 Å². The minimum Gasteiger partial charge on any atom is -0.355 e. The largest absolute Gasteiger partial charge is 0.355 e. The van der Waals surface area contributed by atoms with Crippen LogP contribution in [0.5, 0.6) is 0 Å². The summed E-state index contributed by atoms with van der Waals surface area (Å²) in [5, 5.41) is 5.17. The smallest absolute Gasteiger partial charge is 0.253 e. The van der Waals surface area contributed by atoms with Gasteiger partial charge in [0, 0.05) is 12.6 Å². The molecule has 3 N–H and O–H groups in total. The van der Waals surface area contributed by atoms with Crippen LogP contribution in [0.15, 0.2) is 23.1 Å². The molecular weight excluding hydrogens is 354 g/mol. The predicted molar refractivity (Wildman–Crippen MR) is 92.5 cm³/mol. The minimum absolute atomic E-state index is 0.0144. The lowest BCUT2D eigenvalue weighted by Crippen LogP contribution is -2.44. The van der Waals surface area contributed by atoms with Crippen LogP contribution in [0.2, 0.25) is 5.02 Å². The molecule has 2 amide bonds. The molecular formula is C15H22ClN3O4S. The van der Waals surface area contributed by atoms with Gasteiger partial charge in [0.1, 0.15) is 6.04 Å². The number of hydrogen-bond acceptors (Lipinski definition) is 4. The van der Waals surface area contributed by atoms with Crippen molar-refractivity contribution in [3.63, 3.8) is 0 Å². The van der Waals surface area contributed by atoms with E-state index in [0.717, 1.165) is 0 Å². The van der Waals surface area contributed by atoms with Gasteiger partial charge in [-0.05, 0) is 45.9 Å². The Balaban J connectivity index is 3.06. The first kappa shape index (κ1) is 20.4. The molecule has 9 heteroatoms. The molecule has 1 atom stereocenters. The van der Waals surface area contributed by atoms with Crippen molar-refractivity contribution in [3.05, 3.63) is 28.8 Å². The van der Waals surface area contributed by atoms with Crippen molar-refractivity contribution < 1.29 is 18.0 Å².